The molecule has 0 radical (unpaired) electrons. The number of thiazole rings is 1. The third kappa shape index (κ3) is 4.50. The second-order valence-electron chi connectivity index (χ2n) is 5.52. The lowest BCUT2D eigenvalue weighted by atomic mass is 10.1. The quantitative estimate of drug-likeness (QED) is 0.840. The highest BCUT2D eigenvalue weighted by Gasteiger charge is 2.13. The van der Waals surface area contributed by atoms with Gasteiger partial charge in [-0.25, -0.2) is 9.37 Å². The number of aryl methyl sites for hydroxylation is 1. The molecule has 114 valence electrons. The third-order valence-corrected chi connectivity index (χ3v) is 4.68. The molecule has 0 amide bonds. The molecule has 0 bridgehead atoms. The van der Waals surface area contributed by atoms with Crippen LogP contribution >= 0.6 is 22.9 Å². The van der Waals surface area contributed by atoms with Gasteiger partial charge in [-0.2, -0.15) is 0 Å². The summed E-state index contributed by atoms with van der Waals surface area (Å²) in [6.45, 7) is 8.14. The van der Waals surface area contributed by atoms with Gasteiger partial charge in [0.05, 0.1) is 10.7 Å². The summed E-state index contributed by atoms with van der Waals surface area (Å²) in [4.78, 5) is 5.75. The lowest BCUT2D eigenvalue weighted by molar-refractivity contribution is 0.554. The minimum absolute atomic E-state index is 0.269. The Morgan fingerprint density at radius 3 is 2.81 bits per heavy atom. The molecule has 1 aromatic carbocycles. The molecule has 2 aromatic rings. The van der Waals surface area contributed by atoms with Crippen LogP contribution in [0.15, 0.2) is 18.2 Å². The van der Waals surface area contributed by atoms with E-state index in [1.807, 2.05) is 6.92 Å². The van der Waals surface area contributed by atoms with E-state index in [0.29, 0.717) is 22.9 Å². The zero-order valence-electron chi connectivity index (χ0n) is 12.5. The van der Waals surface area contributed by atoms with Gasteiger partial charge >= 0.3 is 0 Å². The van der Waals surface area contributed by atoms with Gasteiger partial charge in [-0.05, 0) is 31.5 Å². The molecular weight excluding hydrogens is 307 g/mol. The number of hydrogen-bond acceptors (Lipinski definition) is 3. The Labute approximate surface area is 134 Å². The van der Waals surface area contributed by atoms with Crippen molar-refractivity contribution in [3.63, 3.8) is 0 Å². The summed E-state index contributed by atoms with van der Waals surface area (Å²) in [6, 6.07) is 4.77. The number of rotatable bonds is 6. The maximum atomic E-state index is 13.8. The molecule has 0 aliphatic carbocycles. The van der Waals surface area contributed by atoms with E-state index in [0.717, 1.165) is 23.8 Å². The Bertz CT molecular complexity index is 590. The lowest BCUT2D eigenvalue weighted by Crippen LogP contribution is -2.18. The predicted octanol–water partition coefficient (Wildman–Crippen LogP) is 4.58. The summed E-state index contributed by atoms with van der Waals surface area (Å²) < 4.78 is 13.8. The van der Waals surface area contributed by atoms with Crippen LogP contribution in [0.4, 0.5) is 4.39 Å². The lowest BCUT2D eigenvalue weighted by Gasteiger charge is -2.05. The molecule has 0 unspecified atom stereocenters. The van der Waals surface area contributed by atoms with Crippen LogP contribution in [0.1, 0.15) is 35.0 Å². The highest BCUT2D eigenvalue weighted by molar-refractivity contribution is 7.11. The number of aromatic nitrogens is 1. The van der Waals surface area contributed by atoms with Crippen LogP contribution in [0.3, 0.4) is 0 Å². The molecule has 1 N–H and O–H groups in total. The second-order valence-corrected chi connectivity index (χ2v) is 7.09. The topological polar surface area (TPSA) is 24.9 Å². The van der Waals surface area contributed by atoms with Gasteiger partial charge in [0.2, 0.25) is 0 Å². The zero-order valence-corrected chi connectivity index (χ0v) is 14.1. The number of hydrogen-bond donors (Lipinski definition) is 1. The van der Waals surface area contributed by atoms with Crippen LogP contribution in [-0.2, 0) is 13.0 Å². The standard InChI is InChI=1S/C16H20ClFN2S/c1-10(2)8-19-9-15-11(3)20-16(21-15)7-12-13(17)5-4-6-14(12)18/h4-6,10,19H,7-9H2,1-3H3. The average molecular weight is 327 g/mol. The van der Waals surface area contributed by atoms with Gasteiger partial charge in [-0.3, -0.25) is 0 Å². The van der Waals surface area contributed by atoms with E-state index in [2.05, 4.69) is 24.1 Å². The largest absolute Gasteiger partial charge is 0.312 e. The van der Waals surface area contributed by atoms with Crippen LogP contribution in [0.5, 0.6) is 0 Å². The van der Waals surface area contributed by atoms with Gasteiger partial charge in [0.25, 0.3) is 0 Å². The van der Waals surface area contributed by atoms with Crippen molar-refractivity contribution in [3.05, 3.63) is 50.2 Å². The monoisotopic (exact) mass is 326 g/mol. The Morgan fingerprint density at radius 1 is 1.38 bits per heavy atom. The van der Waals surface area contributed by atoms with Crippen molar-refractivity contribution in [2.75, 3.05) is 6.54 Å². The molecule has 2 rings (SSSR count). The first kappa shape index (κ1) is 16.4. The Balaban J connectivity index is 2.08. The normalized spacial score (nSPS) is 11.3. The fourth-order valence-corrected chi connectivity index (χ4v) is 3.34. The molecule has 0 saturated heterocycles. The van der Waals surface area contributed by atoms with Gasteiger partial charge in [0.1, 0.15) is 5.82 Å². The molecule has 21 heavy (non-hydrogen) atoms. The number of benzene rings is 1. The van der Waals surface area contributed by atoms with Gasteiger partial charge in [0.15, 0.2) is 0 Å². The third-order valence-electron chi connectivity index (χ3n) is 3.16. The maximum Gasteiger partial charge on any atom is 0.128 e. The summed E-state index contributed by atoms with van der Waals surface area (Å²) in [7, 11) is 0. The van der Waals surface area contributed by atoms with Crippen LogP contribution in [0.25, 0.3) is 0 Å². The zero-order chi connectivity index (χ0) is 15.4. The number of nitrogens with one attached hydrogen (secondary N) is 1. The van der Waals surface area contributed by atoms with Crippen molar-refractivity contribution in [2.24, 2.45) is 5.92 Å². The van der Waals surface area contributed by atoms with Crippen molar-refractivity contribution in [1.29, 1.82) is 0 Å². The molecule has 0 saturated carbocycles. The van der Waals surface area contributed by atoms with Crippen molar-refractivity contribution in [1.82, 2.24) is 10.3 Å². The van der Waals surface area contributed by atoms with E-state index in [-0.39, 0.29) is 5.82 Å². The first-order chi connectivity index (χ1) is 9.97. The summed E-state index contributed by atoms with van der Waals surface area (Å²) in [5, 5.41) is 4.78. The van der Waals surface area contributed by atoms with Gasteiger partial charge in [-0.1, -0.05) is 31.5 Å². The van der Waals surface area contributed by atoms with Crippen LogP contribution in [0, 0.1) is 18.7 Å². The first-order valence-corrected chi connectivity index (χ1v) is 8.25. The summed E-state index contributed by atoms with van der Waals surface area (Å²) in [5.74, 6) is 0.352. The molecule has 0 atom stereocenters. The van der Waals surface area contributed by atoms with Crippen LogP contribution in [0.2, 0.25) is 5.02 Å². The number of nitrogens with zero attached hydrogens (tertiary/aromatic N) is 1. The molecule has 0 aliphatic rings. The van der Waals surface area contributed by atoms with Gasteiger partial charge in [0, 0.05) is 28.4 Å². The van der Waals surface area contributed by atoms with Gasteiger partial charge < -0.3 is 5.32 Å². The summed E-state index contributed by atoms with van der Waals surface area (Å²) >= 11 is 7.69. The van der Waals surface area contributed by atoms with E-state index >= 15 is 0 Å². The smallest absolute Gasteiger partial charge is 0.128 e. The van der Waals surface area contributed by atoms with E-state index in [1.54, 1.807) is 23.5 Å². The highest BCUT2D eigenvalue weighted by atomic mass is 35.5. The average Bonchev–Trinajstić information content (AvgIpc) is 2.74. The van der Waals surface area contributed by atoms with Crippen LogP contribution in [-0.4, -0.2) is 11.5 Å². The fourth-order valence-electron chi connectivity index (χ4n) is 2.05. The molecule has 0 spiro atoms. The molecule has 5 heteroatoms. The highest BCUT2D eigenvalue weighted by Crippen LogP contribution is 2.26. The van der Waals surface area contributed by atoms with Crippen molar-refractivity contribution in [3.8, 4) is 0 Å². The molecule has 1 heterocycles. The minimum atomic E-state index is -0.269. The van der Waals surface area contributed by atoms with E-state index in [4.69, 9.17) is 11.6 Å². The maximum absolute atomic E-state index is 13.8. The molecule has 1 aromatic heterocycles. The second kappa shape index (κ2) is 7.34. The summed E-state index contributed by atoms with van der Waals surface area (Å²) in [5.41, 5.74) is 1.54. The summed E-state index contributed by atoms with van der Waals surface area (Å²) in [6.07, 6.45) is 0.446. The predicted molar refractivity (Wildman–Crippen MR) is 87.6 cm³/mol. The number of halogens is 2. The fraction of sp³-hybridized carbons (Fsp3) is 0.438. The van der Waals surface area contributed by atoms with E-state index in [9.17, 15) is 4.39 Å². The van der Waals surface area contributed by atoms with Crippen molar-refractivity contribution >= 4 is 22.9 Å². The molecule has 0 aliphatic heterocycles. The Hall–Kier alpha value is -0.970. The van der Waals surface area contributed by atoms with E-state index < -0.39 is 0 Å². The minimum Gasteiger partial charge on any atom is -0.312 e. The van der Waals surface area contributed by atoms with Crippen LogP contribution < -0.4 is 5.32 Å². The van der Waals surface area contributed by atoms with Gasteiger partial charge in [-0.15, -0.1) is 11.3 Å². The van der Waals surface area contributed by atoms with Crippen molar-refractivity contribution < 1.29 is 4.39 Å². The SMILES string of the molecule is Cc1nc(Cc2c(F)cccc2Cl)sc1CNCC(C)C. The van der Waals surface area contributed by atoms with E-state index in [1.165, 1.54) is 10.9 Å². The Morgan fingerprint density at radius 2 is 2.14 bits per heavy atom. The molecular formula is C16H20ClFN2S. The Kier molecular flexibility index (Phi) is 5.73. The molecule has 0 fully saturated rings. The molecule has 2 nitrogen and oxygen atoms in total. The van der Waals surface area contributed by atoms with Crippen molar-refractivity contribution in [2.45, 2.75) is 33.7 Å². The first-order valence-electron chi connectivity index (χ1n) is 7.06.